The molecule has 0 saturated heterocycles. The van der Waals surface area contributed by atoms with Gasteiger partial charge >= 0.3 is 0 Å². The minimum absolute atomic E-state index is 0.0192. The van der Waals surface area contributed by atoms with E-state index in [0.29, 0.717) is 9.37 Å². The fraction of sp³-hybridized carbons (Fsp3) is 0.600. The van der Waals surface area contributed by atoms with E-state index in [1.165, 1.54) is 0 Å². The van der Waals surface area contributed by atoms with Gasteiger partial charge in [-0.15, -0.1) is 0 Å². The highest BCUT2D eigenvalue weighted by Crippen LogP contribution is 2.36. The van der Waals surface area contributed by atoms with E-state index >= 15 is 0 Å². The molecule has 21 heavy (non-hydrogen) atoms. The first-order chi connectivity index (χ1) is 9.61. The van der Waals surface area contributed by atoms with Crippen LogP contribution in [-0.2, 0) is 10.0 Å². The molecule has 1 atom stereocenters. The molecular weight excluding hydrogens is 418 g/mol. The molecule has 0 amide bonds. The third-order valence-corrected chi connectivity index (χ3v) is 7.36. The number of sulfonamides is 1. The van der Waals surface area contributed by atoms with Crippen LogP contribution in [0, 0.1) is 12.3 Å². The standard InChI is InChI=1S/C15H21Br2NO2S/c1-10-7-13(17)14(8-12(10)16)21(19,20)18-11-5-4-6-15(2,3)9-11/h7-8,11,18H,4-6,9H2,1-3H3. The Hall–Kier alpha value is 0.0900. The molecule has 1 N–H and O–H groups in total. The largest absolute Gasteiger partial charge is 0.241 e. The maximum absolute atomic E-state index is 12.6. The predicted octanol–water partition coefficient (Wildman–Crippen LogP) is 4.77. The molecule has 0 aliphatic heterocycles. The summed E-state index contributed by atoms with van der Waals surface area (Å²) in [6, 6.07) is 3.50. The zero-order chi connectivity index (χ0) is 15.8. The molecule has 1 saturated carbocycles. The molecule has 118 valence electrons. The first-order valence-corrected chi connectivity index (χ1v) is 10.2. The fourth-order valence-corrected chi connectivity index (χ4v) is 5.86. The lowest BCUT2D eigenvalue weighted by atomic mass is 9.75. The first-order valence-electron chi connectivity index (χ1n) is 7.09. The van der Waals surface area contributed by atoms with Gasteiger partial charge in [0, 0.05) is 15.0 Å². The molecule has 1 unspecified atom stereocenters. The van der Waals surface area contributed by atoms with Crippen LogP contribution in [0.15, 0.2) is 26.0 Å². The Labute approximate surface area is 144 Å². The molecule has 3 nitrogen and oxygen atoms in total. The van der Waals surface area contributed by atoms with Crippen molar-refractivity contribution >= 4 is 41.9 Å². The Bertz CT molecular complexity index is 641. The van der Waals surface area contributed by atoms with Gasteiger partial charge in [-0.05, 0) is 65.2 Å². The van der Waals surface area contributed by atoms with Crippen LogP contribution in [-0.4, -0.2) is 14.5 Å². The summed E-state index contributed by atoms with van der Waals surface area (Å²) in [4.78, 5) is 0.295. The number of aryl methyl sites for hydroxylation is 1. The minimum atomic E-state index is -3.51. The molecule has 2 rings (SSSR count). The molecule has 0 bridgehead atoms. The Balaban J connectivity index is 2.25. The van der Waals surface area contributed by atoms with Gasteiger partial charge < -0.3 is 0 Å². The molecule has 0 aromatic heterocycles. The van der Waals surface area contributed by atoms with Gasteiger partial charge in [0.05, 0.1) is 4.90 Å². The van der Waals surface area contributed by atoms with Gasteiger partial charge in [-0.1, -0.05) is 36.2 Å². The molecule has 1 aromatic rings. The Morgan fingerprint density at radius 1 is 1.24 bits per heavy atom. The number of hydrogen-bond acceptors (Lipinski definition) is 2. The van der Waals surface area contributed by atoms with E-state index in [1.807, 2.05) is 13.0 Å². The van der Waals surface area contributed by atoms with Crippen LogP contribution in [0.25, 0.3) is 0 Å². The second-order valence-electron chi connectivity index (χ2n) is 6.61. The van der Waals surface area contributed by atoms with Crippen molar-refractivity contribution in [3.8, 4) is 0 Å². The number of halogens is 2. The zero-order valence-electron chi connectivity index (χ0n) is 12.5. The van der Waals surface area contributed by atoms with Gasteiger partial charge in [-0.25, -0.2) is 13.1 Å². The molecular formula is C15H21Br2NO2S. The molecule has 6 heteroatoms. The molecule has 0 spiro atoms. The maximum Gasteiger partial charge on any atom is 0.241 e. The van der Waals surface area contributed by atoms with E-state index in [9.17, 15) is 8.42 Å². The Kier molecular flexibility index (Phi) is 5.23. The number of hydrogen-bond donors (Lipinski definition) is 1. The van der Waals surface area contributed by atoms with Crippen molar-refractivity contribution in [2.24, 2.45) is 5.41 Å². The first kappa shape index (κ1) is 17.4. The summed E-state index contributed by atoms with van der Waals surface area (Å²) in [5, 5.41) is 0. The summed E-state index contributed by atoms with van der Waals surface area (Å²) in [6.45, 7) is 6.33. The molecule has 1 aliphatic carbocycles. The van der Waals surface area contributed by atoms with Crippen molar-refractivity contribution in [1.82, 2.24) is 4.72 Å². The number of benzene rings is 1. The third kappa shape index (κ3) is 4.30. The average molecular weight is 439 g/mol. The molecule has 1 aromatic carbocycles. The van der Waals surface area contributed by atoms with Crippen molar-refractivity contribution in [3.05, 3.63) is 26.6 Å². The maximum atomic E-state index is 12.6. The second kappa shape index (κ2) is 6.30. The summed E-state index contributed by atoms with van der Waals surface area (Å²) in [7, 11) is -3.51. The van der Waals surface area contributed by atoms with Crippen molar-refractivity contribution in [3.63, 3.8) is 0 Å². The van der Waals surface area contributed by atoms with E-state index in [0.717, 1.165) is 35.7 Å². The van der Waals surface area contributed by atoms with E-state index in [2.05, 4.69) is 50.4 Å². The fourth-order valence-electron chi connectivity index (χ4n) is 2.92. The average Bonchev–Trinajstić information content (AvgIpc) is 2.31. The summed E-state index contributed by atoms with van der Waals surface area (Å²) < 4.78 is 29.5. The summed E-state index contributed by atoms with van der Waals surface area (Å²) in [5.74, 6) is 0. The molecule has 1 aliphatic rings. The monoisotopic (exact) mass is 437 g/mol. The Morgan fingerprint density at radius 2 is 1.90 bits per heavy atom. The van der Waals surface area contributed by atoms with E-state index in [-0.39, 0.29) is 11.5 Å². The van der Waals surface area contributed by atoms with Crippen LogP contribution >= 0.6 is 31.9 Å². The second-order valence-corrected chi connectivity index (χ2v) is 10.0. The van der Waals surface area contributed by atoms with Crippen molar-refractivity contribution in [2.45, 2.75) is 57.4 Å². The topological polar surface area (TPSA) is 46.2 Å². The van der Waals surface area contributed by atoms with Gasteiger partial charge in [0.2, 0.25) is 10.0 Å². The smallest absolute Gasteiger partial charge is 0.208 e. The lowest BCUT2D eigenvalue weighted by Crippen LogP contribution is -2.40. The molecule has 1 fully saturated rings. The third-order valence-electron chi connectivity index (χ3n) is 4.03. The lowest BCUT2D eigenvalue weighted by Gasteiger charge is -2.35. The van der Waals surface area contributed by atoms with Crippen LogP contribution in [0.5, 0.6) is 0 Å². The van der Waals surface area contributed by atoms with Crippen molar-refractivity contribution in [1.29, 1.82) is 0 Å². The van der Waals surface area contributed by atoms with E-state index in [1.54, 1.807) is 6.07 Å². The predicted molar refractivity (Wildman–Crippen MR) is 92.9 cm³/mol. The van der Waals surface area contributed by atoms with Crippen molar-refractivity contribution < 1.29 is 8.42 Å². The van der Waals surface area contributed by atoms with E-state index in [4.69, 9.17) is 0 Å². The van der Waals surface area contributed by atoms with E-state index < -0.39 is 10.0 Å². The SMILES string of the molecule is Cc1cc(Br)c(S(=O)(=O)NC2CCCC(C)(C)C2)cc1Br. The van der Waals surface area contributed by atoms with Crippen LogP contribution in [0.2, 0.25) is 0 Å². The van der Waals surface area contributed by atoms with Crippen LogP contribution in [0.3, 0.4) is 0 Å². The zero-order valence-corrected chi connectivity index (χ0v) is 16.5. The van der Waals surface area contributed by atoms with Gasteiger partial charge in [0.25, 0.3) is 0 Å². The quantitative estimate of drug-likeness (QED) is 0.738. The van der Waals surface area contributed by atoms with Gasteiger partial charge in [-0.3, -0.25) is 0 Å². The highest BCUT2D eigenvalue weighted by Gasteiger charge is 2.31. The lowest BCUT2D eigenvalue weighted by molar-refractivity contribution is 0.212. The molecule has 0 heterocycles. The number of nitrogens with one attached hydrogen (secondary N) is 1. The van der Waals surface area contributed by atoms with Gasteiger partial charge in [0.1, 0.15) is 0 Å². The summed E-state index contributed by atoms with van der Waals surface area (Å²) in [6.07, 6.45) is 4.02. The molecule has 0 radical (unpaired) electrons. The number of rotatable bonds is 3. The van der Waals surface area contributed by atoms with Gasteiger partial charge in [-0.2, -0.15) is 0 Å². The Morgan fingerprint density at radius 3 is 2.52 bits per heavy atom. The summed E-state index contributed by atoms with van der Waals surface area (Å²) >= 11 is 6.77. The van der Waals surface area contributed by atoms with Crippen LogP contribution in [0.1, 0.15) is 45.1 Å². The van der Waals surface area contributed by atoms with Crippen LogP contribution in [0.4, 0.5) is 0 Å². The highest BCUT2D eigenvalue weighted by molar-refractivity contribution is 9.11. The highest BCUT2D eigenvalue weighted by atomic mass is 79.9. The minimum Gasteiger partial charge on any atom is -0.208 e. The van der Waals surface area contributed by atoms with Crippen LogP contribution < -0.4 is 4.72 Å². The van der Waals surface area contributed by atoms with Gasteiger partial charge in [0.15, 0.2) is 0 Å². The summed E-state index contributed by atoms with van der Waals surface area (Å²) in [5.41, 5.74) is 1.20. The van der Waals surface area contributed by atoms with Crippen molar-refractivity contribution in [2.75, 3.05) is 0 Å². The normalized spacial score (nSPS) is 22.2.